The molecule has 0 aromatic carbocycles. The van der Waals surface area contributed by atoms with Gasteiger partial charge in [-0.15, -0.1) is 0 Å². The Hall–Kier alpha value is -0.0800. The van der Waals surface area contributed by atoms with Gasteiger partial charge in [0.2, 0.25) is 0 Å². The Bertz CT molecular complexity index is 118. The summed E-state index contributed by atoms with van der Waals surface area (Å²) in [7, 11) is 0. The van der Waals surface area contributed by atoms with E-state index in [0.29, 0.717) is 0 Å². The van der Waals surface area contributed by atoms with Crippen molar-refractivity contribution in [1.29, 1.82) is 0 Å². The number of nitrogens with zero attached hydrogens (tertiary/aromatic N) is 1. The van der Waals surface area contributed by atoms with Crippen molar-refractivity contribution in [2.24, 2.45) is 5.92 Å². The molecule has 15 heavy (non-hydrogen) atoms. The second-order valence-corrected chi connectivity index (χ2v) is 4.77. The van der Waals surface area contributed by atoms with Crippen LogP contribution in [0, 0.1) is 5.92 Å². The third kappa shape index (κ3) is 10.2. The normalized spacial score (nSPS) is 11.6. The summed E-state index contributed by atoms with van der Waals surface area (Å²) in [6.07, 6.45) is 3.83. The zero-order chi connectivity index (χ0) is 11.5. The summed E-state index contributed by atoms with van der Waals surface area (Å²) in [5.74, 6) is 0.819. The van der Waals surface area contributed by atoms with Gasteiger partial charge in [-0.25, -0.2) is 0 Å². The molecule has 0 aromatic heterocycles. The molecule has 0 aromatic rings. The van der Waals surface area contributed by atoms with Crippen LogP contribution in [0.5, 0.6) is 0 Å². The van der Waals surface area contributed by atoms with E-state index < -0.39 is 0 Å². The van der Waals surface area contributed by atoms with Gasteiger partial charge < -0.3 is 10.2 Å². The smallest absolute Gasteiger partial charge is 0.0107 e. The minimum atomic E-state index is 0.819. The molecule has 0 spiro atoms. The summed E-state index contributed by atoms with van der Waals surface area (Å²) in [5, 5.41) is 3.52. The molecule has 0 atom stereocenters. The maximum atomic E-state index is 3.52. The van der Waals surface area contributed by atoms with Crippen molar-refractivity contribution in [3.63, 3.8) is 0 Å². The first-order valence-electron chi connectivity index (χ1n) is 6.63. The van der Waals surface area contributed by atoms with Crippen LogP contribution in [0.25, 0.3) is 0 Å². The molecule has 0 amide bonds. The van der Waals surface area contributed by atoms with Crippen molar-refractivity contribution in [2.45, 2.75) is 47.0 Å². The van der Waals surface area contributed by atoms with Crippen LogP contribution in [0.1, 0.15) is 47.0 Å². The molecule has 0 unspecified atom stereocenters. The second kappa shape index (κ2) is 10.4. The SMILES string of the molecule is CCCN(CCC)CCNCCC(C)C. The van der Waals surface area contributed by atoms with E-state index in [4.69, 9.17) is 0 Å². The molecule has 0 radical (unpaired) electrons. The third-order valence-electron chi connectivity index (χ3n) is 2.58. The molecule has 0 rings (SSSR count). The van der Waals surface area contributed by atoms with E-state index in [1.807, 2.05) is 0 Å². The Kier molecular flexibility index (Phi) is 10.4. The summed E-state index contributed by atoms with van der Waals surface area (Å²) in [4.78, 5) is 2.56. The predicted octanol–water partition coefficient (Wildman–Crippen LogP) is 2.74. The Morgan fingerprint density at radius 2 is 1.53 bits per heavy atom. The lowest BCUT2D eigenvalue weighted by molar-refractivity contribution is 0.273. The van der Waals surface area contributed by atoms with Crippen molar-refractivity contribution in [2.75, 3.05) is 32.7 Å². The van der Waals surface area contributed by atoms with Crippen molar-refractivity contribution >= 4 is 0 Å². The molecule has 0 bridgehead atoms. The molecule has 2 heteroatoms. The Labute approximate surface area is 96.4 Å². The van der Waals surface area contributed by atoms with E-state index in [0.717, 1.165) is 12.5 Å². The summed E-state index contributed by atoms with van der Waals surface area (Å²) in [6.45, 7) is 15.1. The maximum absolute atomic E-state index is 3.52. The van der Waals surface area contributed by atoms with E-state index in [9.17, 15) is 0 Å². The summed E-state index contributed by atoms with van der Waals surface area (Å²) in [6, 6.07) is 0. The highest BCUT2D eigenvalue weighted by Gasteiger charge is 2.01. The molecule has 0 aliphatic rings. The second-order valence-electron chi connectivity index (χ2n) is 4.77. The molecular formula is C13H30N2. The molecule has 0 heterocycles. The van der Waals surface area contributed by atoms with Gasteiger partial charge in [-0.2, -0.15) is 0 Å². The van der Waals surface area contributed by atoms with E-state index >= 15 is 0 Å². The maximum Gasteiger partial charge on any atom is 0.0107 e. The summed E-state index contributed by atoms with van der Waals surface area (Å²) < 4.78 is 0. The van der Waals surface area contributed by atoms with Gasteiger partial charge in [-0.1, -0.05) is 27.7 Å². The molecule has 92 valence electrons. The Morgan fingerprint density at radius 1 is 0.933 bits per heavy atom. The number of hydrogen-bond donors (Lipinski definition) is 1. The average Bonchev–Trinajstić information content (AvgIpc) is 2.17. The zero-order valence-corrected chi connectivity index (χ0v) is 11.2. The average molecular weight is 214 g/mol. The van der Waals surface area contributed by atoms with Gasteiger partial charge in [-0.3, -0.25) is 0 Å². The van der Waals surface area contributed by atoms with E-state index in [1.54, 1.807) is 0 Å². The highest BCUT2D eigenvalue weighted by Crippen LogP contribution is 1.96. The first-order chi connectivity index (χ1) is 7.20. The Balaban J connectivity index is 3.36. The van der Waals surface area contributed by atoms with Crippen molar-refractivity contribution in [3.05, 3.63) is 0 Å². The van der Waals surface area contributed by atoms with Crippen molar-refractivity contribution < 1.29 is 0 Å². The lowest BCUT2D eigenvalue weighted by atomic mass is 10.1. The monoisotopic (exact) mass is 214 g/mol. The highest BCUT2D eigenvalue weighted by molar-refractivity contribution is 4.59. The standard InChI is InChI=1S/C13H30N2/c1-5-10-15(11-6-2)12-9-14-8-7-13(3)4/h13-14H,5-12H2,1-4H3. The fourth-order valence-corrected chi connectivity index (χ4v) is 1.72. The lowest BCUT2D eigenvalue weighted by Gasteiger charge is -2.21. The largest absolute Gasteiger partial charge is 0.315 e. The lowest BCUT2D eigenvalue weighted by Crippen LogP contribution is -2.33. The molecule has 1 N–H and O–H groups in total. The van der Waals surface area contributed by atoms with E-state index in [2.05, 4.69) is 37.9 Å². The third-order valence-corrected chi connectivity index (χ3v) is 2.58. The zero-order valence-electron chi connectivity index (χ0n) is 11.2. The van der Waals surface area contributed by atoms with Crippen LogP contribution < -0.4 is 5.32 Å². The fourth-order valence-electron chi connectivity index (χ4n) is 1.72. The number of rotatable bonds is 10. The predicted molar refractivity (Wildman–Crippen MR) is 69.3 cm³/mol. The molecule has 0 aliphatic carbocycles. The molecule has 0 aliphatic heterocycles. The van der Waals surface area contributed by atoms with Gasteiger partial charge in [0.15, 0.2) is 0 Å². The van der Waals surface area contributed by atoms with Gasteiger partial charge >= 0.3 is 0 Å². The van der Waals surface area contributed by atoms with Gasteiger partial charge in [0.05, 0.1) is 0 Å². The summed E-state index contributed by atoms with van der Waals surface area (Å²) >= 11 is 0. The van der Waals surface area contributed by atoms with Gasteiger partial charge in [0.1, 0.15) is 0 Å². The number of nitrogens with one attached hydrogen (secondary N) is 1. The van der Waals surface area contributed by atoms with E-state index in [1.165, 1.54) is 45.4 Å². The van der Waals surface area contributed by atoms with E-state index in [-0.39, 0.29) is 0 Å². The summed E-state index contributed by atoms with van der Waals surface area (Å²) in [5.41, 5.74) is 0. The van der Waals surface area contributed by atoms with Crippen LogP contribution in [0.3, 0.4) is 0 Å². The number of hydrogen-bond acceptors (Lipinski definition) is 2. The topological polar surface area (TPSA) is 15.3 Å². The minimum absolute atomic E-state index is 0.819. The van der Waals surface area contributed by atoms with Crippen LogP contribution in [0.15, 0.2) is 0 Å². The van der Waals surface area contributed by atoms with Crippen LogP contribution in [-0.4, -0.2) is 37.6 Å². The fraction of sp³-hybridized carbons (Fsp3) is 1.00. The van der Waals surface area contributed by atoms with Gasteiger partial charge in [0.25, 0.3) is 0 Å². The molecular weight excluding hydrogens is 184 g/mol. The highest BCUT2D eigenvalue weighted by atomic mass is 15.1. The van der Waals surface area contributed by atoms with Crippen LogP contribution >= 0.6 is 0 Å². The van der Waals surface area contributed by atoms with Crippen LogP contribution in [0.2, 0.25) is 0 Å². The van der Waals surface area contributed by atoms with Crippen molar-refractivity contribution in [1.82, 2.24) is 10.2 Å². The van der Waals surface area contributed by atoms with Crippen LogP contribution in [0.4, 0.5) is 0 Å². The first-order valence-corrected chi connectivity index (χ1v) is 6.63. The quantitative estimate of drug-likeness (QED) is 0.563. The Morgan fingerprint density at radius 3 is 2.00 bits per heavy atom. The molecule has 0 saturated carbocycles. The molecule has 2 nitrogen and oxygen atoms in total. The van der Waals surface area contributed by atoms with Gasteiger partial charge in [-0.05, 0) is 44.8 Å². The minimum Gasteiger partial charge on any atom is -0.315 e. The molecule has 0 saturated heterocycles. The van der Waals surface area contributed by atoms with Crippen molar-refractivity contribution in [3.8, 4) is 0 Å². The molecule has 0 fully saturated rings. The van der Waals surface area contributed by atoms with Crippen LogP contribution in [-0.2, 0) is 0 Å². The van der Waals surface area contributed by atoms with Gasteiger partial charge in [0, 0.05) is 13.1 Å². The first kappa shape index (κ1) is 14.9.